The van der Waals surface area contributed by atoms with Crippen molar-refractivity contribution in [3.05, 3.63) is 35.9 Å². The van der Waals surface area contributed by atoms with Gasteiger partial charge in [0, 0.05) is 0 Å². The molecule has 6 heteroatoms. The molecule has 1 aromatic carbocycles. The molecule has 1 aromatic rings. The number of nitrogens with one attached hydrogen (secondary N) is 1. The number of carbonyl (C=O) groups is 2. The third-order valence-electron chi connectivity index (χ3n) is 3.53. The lowest BCUT2D eigenvalue weighted by Gasteiger charge is -2.23. The van der Waals surface area contributed by atoms with Crippen molar-refractivity contribution in [2.45, 2.75) is 38.8 Å². The van der Waals surface area contributed by atoms with E-state index in [9.17, 15) is 9.59 Å². The van der Waals surface area contributed by atoms with Crippen molar-refractivity contribution in [2.75, 3.05) is 13.6 Å². The van der Waals surface area contributed by atoms with Gasteiger partial charge in [-0.2, -0.15) is 0 Å². The average Bonchev–Trinajstić information content (AvgIpc) is 2.46. The number of hydrogen-bond acceptors (Lipinski definition) is 3. The topological polar surface area (TPSA) is 69.6 Å². The number of hydrogen-bond donors (Lipinski definition) is 2. The summed E-state index contributed by atoms with van der Waals surface area (Å²) in [5.74, 6) is -1.09. The maximum absolute atomic E-state index is 12.1. The zero-order chi connectivity index (χ0) is 15.8. The molecule has 0 heterocycles. The minimum Gasteiger partial charge on any atom is -0.480 e. The Hall–Kier alpha value is -1.59. The number of nitrogens with zero attached hydrogens (tertiary/aromatic N) is 1. The van der Waals surface area contributed by atoms with Crippen LogP contribution in [-0.4, -0.2) is 41.5 Å². The molecule has 5 nitrogen and oxygen atoms in total. The maximum atomic E-state index is 12.1. The number of carboxylic acid groups (broad SMARTS) is 1. The summed E-state index contributed by atoms with van der Waals surface area (Å²) < 4.78 is 0. The Morgan fingerprint density at radius 2 is 1.86 bits per heavy atom. The molecule has 0 fully saturated rings. The van der Waals surface area contributed by atoms with Crippen LogP contribution in [0.1, 0.15) is 38.3 Å². The molecule has 0 bridgehead atoms. The molecule has 2 N–H and O–H groups in total. The number of rotatable bonds is 8. The van der Waals surface area contributed by atoms with E-state index in [1.807, 2.05) is 30.3 Å². The lowest BCUT2D eigenvalue weighted by molar-refractivity contribution is -0.142. The van der Waals surface area contributed by atoms with E-state index in [0.29, 0.717) is 0 Å². The first kappa shape index (κ1) is 20.4. The summed E-state index contributed by atoms with van der Waals surface area (Å²) in [6.07, 6.45) is 1.81. The summed E-state index contributed by atoms with van der Waals surface area (Å²) >= 11 is 0. The molecule has 22 heavy (non-hydrogen) atoms. The molecule has 0 radical (unpaired) electrons. The Bertz CT molecular complexity index is 468. The van der Waals surface area contributed by atoms with E-state index < -0.39 is 12.0 Å². The van der Waals surface area contributed by atoms with Crippen LogP contribution in [0.3, 0.4) is 0 Å². The molecule has 0 saturated carbocycles. The van der Waals surface area contributed by atoms with Crippen molar-refractivity contribution in [3.63, 3.8) is 0 Å². The van der Waals surface area contributed by atoms with E-state index >= 15 is 0 Å². The summed E-state index contributed by atoms with van der Waals surface area (Å²) in [7, 11) is 1.63. The van der Waals surface area contributed by atoms with Crippen LogP contribution in [0, 0.1) is 0 Å². The summed E-state index contributed by atoms with van der Waals surface area (Å²) in [5.41, 5.74) is 1.07. The fourth-order valence-electron chi connectivity index (χ4n) is 2.09. The molecule has 1 amide bonds. The first-order valence-electron chi connectivity index (χ1n) is 7.23. The van der Waals surface area contributed by atoms with Crippen LogP contribution in [-0.2, 0) is 9.59 Å². The van der Waals surface area contributed by atoms with Gasteiger partial charge in [0.05, 0.1) is 12.6 Å². The van der Waals surface area contributed by atoms with Crippen LogP contribution < -0.4 is 5.32 Å². The first-order chi connectivity index (χ1) is 9.95. The van der Waals surface area contributed by atoms with Crippen LogP contribution >= 0.6 is 12.4 Å². The smallest absolute Gasteiger partial charge is 0.320 e. The second kappa shape index (κ2) is 10.2. The third kappa shape index (κ3) is 6.45. The predicted molar refractivity (Wildman–Crippen MR) is 89.2 cm³/mol. The van der Waals surface area contributed by atoms with Crippen LogP contribution in [0.2, 0.25) is 0 Å². The lowest BCUT2D eigenvalue weighted by Crippen LogP contribution is -2.43. The highest BCUT2D eigenvalue weighted by Crippen LogP contribution is 2.17. The molecule has 0 spiro atoms. The van der Waals surface area contributed by atoms with Gasteiger partial charge in [-0.1, -0.05) is 43.7 Å². The molecule has 0 saturated heterocycles. The molecule has 124 valence electrons. The van der Waals surface area contributed by atoms with Gasteiger partial charge in [-0.3, -0.25) is 14.5 Å². The maximum Gasteiger partial charge on any atom is 0.320 e. The minimum atomic E-state index is -0.932. The predicted octanol–water partition coefficient (Wildman–Crippen LogP) is 2.47. The number of carbonyl (C=O) groups excluding carboxylic acids is 1. The zero-order valence-electron chi connectivity index (χ0n) is 13.3. The number of halogens is 1. The van der Waals surface area contributed by atoms with Crippen molar-refractivity contribution >= 4 is 24.3 Å². The Labute approximate surface area is 138 Å². The molecule has 0 aliphatic carbocycles. The van der Waals surface area contributed by atoms with Crippen molar-refractivity contribution in [2.24, 2.45) is 0 Å². The molecule has 2 atom stereocenters. The summed E-state index contributed by atoms with van der Waals surface area (Å²) in [4.78, 5) is 24.5. The molecule has 1 rings (SSSR count). The monoisotopic (exact) mass is 328 g/mol. The van der Waals surface area contributed by atoms with Gasteiger partial charge in [0.1, 0.15) is 6.04 Å². The fourth-order valence-corrected chi connectivity index (χ4v) is 2.09. The van der Waals surface area contributed by atoms with E-state index in [4.69, 9.17) is 5.11 Å². The standard InChI is InChI=1S/C16H24N2O3.ClH/c1-4-8-14(13-9-6-5-7-10-13)17-15(19)11-18(3)12(2)16(20)21;/h5-7,9-10,12,14H,4,8,11H2,1-3H3,(H,17,19)(H,20,21);1H. The van der Waals surface area contributed by atoms with Gasteiger partial charge >= 0.3 is 5.97 Å². The number of aliphatic carboxylic acids is 1. The SMILES string of the molecule is CCCC(NC(=O)CN(C)C(C)C(=O)O)c1ccccc1.Cl. The summed E-state index contributed by atoms with van der Waals surface area (Å²) in [6.45, 7) is 3.71. The van der Waals surface area contributed by atoms with Crippen molar-refractivity contribution in [1.29, 1.82) is 0 Å². The van der Waals surface area contributed by atoms with Crippen LogP contribution in [0.5, 0.6) is 0 Å². The molecule has 2 unspecified atom stereocenters. The van der Waals surface area contributed by atoms with Crippen molar-refractivity contribution < 1.29 is 14.7 Å². The largest absolute Gasteiger partial charge is 0.480 e. The minimum absolute atomic E-state index is 0. The molecular formula is C16H25ClN2O3. The van der Waals surface area contributed by atoms with Gasteiger partial charge in [-0.25, -0.2) is 0 Å². The van der Waals surface area contributed by atoms with E-state index in [0.717, 1.165) is 18.4 Å². The zero-order valence-corrected chi connectivity index (χ0v) is 14.1. The van der Waals surface area contributed by atoms with Gasteiger partial charge < -0.3 is 10.4 Å². The second-order valence-electron chi connectivity index (χ2n) is 5.25. The molecule has 0 aliphatic heterocycles. The highest BCUT2D eigenvalue weighted by atomic mass is 35.5. The number of benzene rings is 1. The normalized spacial score (nSPS) is 13.1. The van der Waals surface area contributed by atoms with Gasteiger partial charge in [0.2, 0.25) is 5.91 Å². The first-order valence-corrected chi connectivity index (χ1v) is 7.23. The van der Waals surface area contributed by atoms with E-state index in [-0.39, 0.29) is 30.9 Å². The lowest BCUT2D eigenvalue weighted by atomic mass is 10.0. The second-order valence-corrected chi connectivity index (χ2v) is 5.25. The van der Waals surface area contributed by atoms with Gasteiger partial charge in [0.25, 0.3) is 0 Å². The molecular weight excluding hydrogens is 304 g/mol. The van der Waals surface area contributed by atoms with Gasteiger partial charge in [0.15, 0.2) is 0 Å². The van der Waals surface area contributed by atoms with E-state index in [2.05, 4.69) is 12.2 Å². The number of likely N-dealkylation sites (N-methyl/N-ethyl adjacent to an activating group) is 1. The quantitative estimate of drug-likeness (QED) is 0.769. The van der Waals surface area contributed by atoms with Crippen molar-refractivity contribution in [1.82, 2.24) is 10.2 Å². The number of amides is 1. The van der Waals surface area contributed by atoms with Crippen LogP contribution in [0.4, 0.5) is 0 Å². The Kier molecular flexibility index (Phi) is 9.45. The highest BCUT2D eigenvalue weighted by molar-refractivity contribution is 5.85. The van der Waals surface area contributed by atoms with Gasteiger partial charge in [-0.05, 0) is 26.0 Å². The fraction of sp³-hybridized carbons (Fsp3) is 0.500. The Balaban J connectivity index is 0.00000441. The van der Waals surface area contributed by atoms with E-state index in [1.54, 1.807) is 14.0 Å². The number of carboxylic acids is 1. The molecule has 0 aliphatic rings. The summed E-state index contributed by atoms with van der Waals surface area (Å²) in [5, 5.41) is 11.9. The Morgan fingerprint density at radius 1 is 1.27 bits per heavy atom. The highest BCUT2D eigenvalue weighted by Gasteiger charge is 2.20. The third-order valence-corrected chi connectivity index (χ3v) is 3.53. The summed E-state index contributed by atoms with van der Waals surface area (Å²) in [6, 6.07) is 9.10. The van der Waals surface area contributed by atoms with Crippen LogP contribution in [0.25, 0.3) is 0 Å². The Morgan fingerprint density at radius 3 is 2.36 bits per heavy atom. The average molecular weight is 329 g/mol. The van der Waals surface area contributed by atoms with Crippen molar-refractivity contribution in [3.8, 4) is 0 Å². The van der Waals surface area contributed by atoms with E-state index in [1.165, 1.54) is 4.90 Å². The molecule has 0 aromatic heterocycles. The van der Waals surface area contributed by atoms with Gasteiger partial charge in [-0.15, -0.1) is 12.4 Å². The van der Waals surface area contributed by atoms with Crippen LogP contribution in [0.15, 0.2) is 30.3 Å².